The highest BCUT2D eigenvalue weighted by molar-refractivity contribution is 4.63. The first-order chi connectivity index (χ1) is 15.1. The summed E-state index contributed by atoms with van der Waals surface area (Å²) >= 11 is 0. The predicted molar refractivity (Wildman–Crippen MR) is 124 cm³/mol. The van der Waals surface area contributed by atoms with E-state index in [2.05, 4.69) is 0 Å². The summed E-state index contributed by atoms with van der Waals surface area (Å²) in [5.41, 5.74) is 0. The molecule has 0 bridgehead atoms. The predicted octanol–water partition coefficient (Wildman–Crippen LogP) is 9.16. The minimum atomic E-state index is -3.97. The van der Waals surface area contributed by atoms with E-state index in [-0.39, 0.29) is 0 Å². The maximum atomic E-state index is 12.0. The van der Waals surface area contributed by atoms with E-state index in [1.807, 2.05) is 0 Å². The minimum absolute atomic E-state index is 0.300. The van der Waals surface area contributed by atoms with Crippen molar-refractivity contribution in [3.63, 3.8) is 0 Å². The molecule has 0 spiro atoms. The Morgan fingerprint density at radius 1 is 0.613 bits per heavy atom. The van der Waals surface area contributed by atoms with Crippen molar-refractivity contribution < 1.29 is 22.6 Å². The van der Waals surface area contributed by atoms with E-state index < -0.39 is 12.6 Å². The Morgan fingerprint density at radius 2 is 1.06 bits per heavy atom. The molecule has 1 heterocycles. The molecule has 0 amide bonds. The molecular formula is C26H49F3O2. The third-order valence-corrected chi connectivity index (χ3v) is 6.36. The van der Waals surface area contributed by atoms with Gasteiger partial charge in [0.05, 0.1) is 6.10 Å². The fourth-order valence-electron chi connectivity index (χ4n) is 4.37. The fraction of sp³-hybridized carbons (Fsp3) is 1.00. The number of halogens is 3. The van der Waals surface area contributed by atoms with E-state index in [0.29, 0.717) is 12.5 Å². The van der Waals surface area contributed by atoms with Crippen LogP contribution in [-0.4, -0.2) is 32.1 Å². The molecule has 1 aliphatic heterocycles. The highest BCUT2D eigenvalue weighted by atomic mass is 19.4. The molecule has 0 N–H and O–H groups in total. The second kappa shape index (κ2) is 20.3. The van der Waals surface area contributed by atoms with Crippen LogP contribution in [0.1, 0.15) is 135 Å². The van der Waals surface area contributed by atoms with E-state index in [4.69, 9.17) is 9.47 Å². The average molecular weight is 451 g/mol. The molecule has 0 aromatic heterocycles. The Morgan fingerprint density at radius 3 is 1.48 bits per heavy atom. The van der Waals surface area contributed by atoms with Crippen LogP contribution in [0.5, 0.6) is 0 Å². The number of unbranched alkanes of at least 4 members (excludes halogenated alkanes) is 16. The quantitative estimate of drug-likeness (QED) is 0.153. The van der Waals surface area contributed by atoms with Gasteiger partial charge in [-0.1, -0.05) is 96.3 Å². The second-order valence-electron chi connectivity index (χ2n) is 9.41. The van der Waals surface area contributed by atoms with Gasteiger partial charge in [-0.15, -0.1) is 0 Å². The third-order valence-electron chi connectivity index (χ3n) is 6.36. The lowest BCUT2D eigenvalue weighted by Crippen LogP contribution is -2.09. The molecule has 31 heavy (non-hydrogen) atoms. The van der Waals surface area contributed by atoms with Crippen molar-refractivity contribution >= 4 is 0 Å². The summed E-state index contributed by atoms with van der Waals surface area (Å²) in [7, 11) is 0. The Bertz CT molecular complexity index is 368. The number of alkyl halides is 3. The first-order valence-corrected chi connectivity index (χ1v) is 13.3. The molecule has 1 fully saturated rings. The van der Waals surface area contributed by atoms with E-state index in [1.54, 1.807) is 0 Å². The Hall–Kier alpha value is -0.290. The van der Waals surface area contributed by atoms with E-state index in [0.717, 1.165) is 45.5 Å². The van der Waals surface area contributed by atoms with Crippen LogP contribution in [0.3, 0.4) is 0 Å². The van der Waals surface area contributed by atoms with E-state index >= 15 is 0 Å². The van der Waals surface area contributed by atoms with Gasteiger partial charge in [-0.2, -0.15) is 13.2 Å². The van der Waals surface area contributed by atoms with Crippen molar-refractivity contribution in [2.75, 3.05) is 19.8 Å². The zero-order valence-electron chi connectivity index (χ0n) is 20.0. The normalized spacial score (nSPS) is 16.9. The average Bonchev–Trinajstić information content (AvgIpc) is 3.24. The zero-order valence-corrected chi connectivity index (χ0v) is 20.0. The summed E-state index contributed by atoms with van der Waals surface area (Å²) < 4.78 is 47.4. The smallest absolute Gasteiger partial charge is 0.381 e. The maximum absolute atomic E-state index is 12.0. The molecule has 5 heteroatoms. The van der Waals surface area contributed by atoms with Crippen LogP contribution in [0.2, 0.25) is 0 Å². The largest absolute Gasteiger partial charge is 0.389 e. The molecule has 0 aromatic carbocycles. The topological polar surface area (TPSA) is 18.5 Å². The molecule has 0 aromatic rings. The number of rotatable bonds is 22. The van der Waals surface area contributed by atoms with Gasteiger partial charge >= 0.3 is 6.18 Å². The molecule has 2 nitrogen and oxygen atoms in total. The number of hydrogen-bond acceptors (Lipinski definition) is 2. The lowest BCUT2D eigenvalue weighted by molar-refractivity contribution is -0.135. The minimum Gasteiger partial charge on any atom is -0.381 e. The lowest BCUT2D eigenvalue weighted by atomic mass is 10.0. The molecule has 0 aliphatic carbocycles. The van der Waals surface area contributed by atoms with Crippen LogP contribution >= 0.6 is 0 Å². The SMILES string of the molecule is FC(F)(F)CCCCCCCCCCCCCCCCCCCOCCC1CCCO1. The van der Waals surface area contributed by atoms with Crippen molar-refractivity contribution in [1.29, 1.82) is 0 Å². The van der Waals surface area contributed by atoms with Gasteiger partial charge in [0.15, 0.2) is 0 Å². The van der Waals surface area contributed by atoms with Crippen LogP contribution in [0.15, 0.2) is 0 Å². The molecule has 1 aliphatic rings. The van der Waals surface area contributed by atoms with E-state index in [1.165, 1.54) is 96.3 Å². The molecule has 1 rings (SSSR count). The standard InChI is InChI=1S/C26H49F3O2/c27-26(28,29)21-16-14-12-10-8-6-4-2-1-3-5-7-9-11-13-15-17-22-30-24-20-25-19-18-23-31-25/h25H,1-24H2. The van der Waals surface area contributed by atoms with E-state index in [9.17, 15) is 13.2 Å². The summed E-state index contributed by atoms with van der Waals surface area (Å²) in [4.78, 5) is 0. The number of hydrogen-bond donors (Lipinski definition) is 0. The summed E-state index contributed by atoms with van der Waals surface area (Å²) in [5, 5.41) is 0. The lowest BCUT2D eigenvalue weighted by Gasteiger charge is -2.09. The van der Waals surface area contributed by atoms with Crippen LogP contribution in [0, 0.1) is 0 Å². The van der Waals surface area contributed by atoms with Crippen molar-refractivity contribution in [3.05, 3.63) is 0 Å². The van der Waals surface area contributed by atoms with Gasteiger partial charge in [0.25, 0.3) is 0 Å². The van der Waals surface area contributed by atoms with Crippen molar-refractivity contribution in [2.45, 2.75) is 147 Å². The summed E-state index contributed by atoms with van der Waals surface area (Å²) in [5.74, 6) is 0. The van der Waals surface area contributed by atoms with Crippen LogP contribution in [0.4, 0.5) is 13.2 Å². The first-order valence-electron chi connectivity index (χ1n) is 13.3. The van der Waals surface area contributed by atoms with Gasteiger partial charge < -0.3 is 9.47 Å². The molecule has 1 atom stereocenters. The summed E-state index contributed by atoms with van der Waals surface area (Å²) in [6.45, 7) is 2.70. The molecule has 1 saturated heterocycles. The van der Waals surface area contributed by atoms with Gasteiger partial charge in [-0.3, -0.25) is 0 Å². The molecular weight excluding hydrogens is 401 g/mol. The highest BCUT2D eigenvalue weighted by Gasteiger charge is 2.25. The van der Waals surface area contributed by atoms with Crippen molar-refractivity contribution in [2.24, 2.45) is 0 Å². The Balaban J connectivity index is 1.63. The summed E-state index contributed by atoms with van der Waals surface area (Å²) in [6, 6.07) is 0. The van der Waals surface area contributed by atoms with Gasteiger partial charge in [-0.05, 0) is 32.1 Å². The molecule has 186 valence electrons. The molecule has 0 radical (unpaired) electrons. The van der Waals surface area contributed by atoms with Gasteiger partial charge in [-0.25, -0.2) is 0 Å². The second-order valence-corrected chi connectivity index (χ2v) is 9.41. The van der Waals surface area contributed by atoms with Gasteiger partial charge in [0, 0.05) is 26.2 Å². The third kappa shape index (κ3) is 21.3. The Kier molecular flexibility index (Phi) is 18.8. The molecule has 1 unspecified atom stereocenters. The van der Waals surface area contributed by atoms with Crippen LogP contribution in [0.25, 0.3) is 0 Å². The molecule has 0 saturated carbocycles. The fourth-order valence-corrected chi connectivity index (χ4v) is 4.37. The number of ether oxygens (including phenoxy) is 2. The zero-order chi connectivity index (χ0) is 22.5. The summed E-state index contributed by atoms with van der Waals surface area (Å²) in [6.07, 6.45) is 19.5. The van der Waals surface area contributed by atoms with Gasteiger partial charge in [0.2, 0.25) is 0 Å². The van der Waals surface area contributed by atoms with Crippen LogP contribution < -0.4 is 0 Å². The highest BCUT2D eigenvalue weighted by Crippen LogP contribution is 2.23. The first kappa shape index (κ1) is 28.7. The Labute approximate surface area is 190 Å². The van der Waals surface area contributed by atoms with Crippen molar-refractivity contribution in [3.8, 4) is 0 Å². The van der Waals surface area contributed by atoms with Gasteiger partial charge in [0.1, 0.15) is 0 Å². The maximum Gasteiger partial charge on any atom is 0.389 e. The monoisotopic (exact) mass is 450 g/mol. The van der Waals surface area contributed by atoms with Crippen molar-refractivity contribution in [1.82, 2.24) is 0 Å². The van der Waals surface area contributed by atoms with Crippen LogP contribution in [-0.2, 0) is 9.47 Å².